The molecule has 5 nitrogen and oxygen atoms in total. The number of fused-ring (bicyclic) bond motifs is 3. The second-order valence-electron chi connectivity index (χ2n) is 6.93. The highest BCUT2D eigenvalue weighted by atomic mass is 32.1. The summed E-state index contributed by atoms with van der Waals surface area (Å²) in [6, 6.07) is 9.98. The lowest BCUT2D eigenvalue weighted by atomic mass is 10.0. The van der Waals surface area contributed by atoms with Crippen molar-refractivity contribution in [2.24, 2.45) is 0 Å². The van der Waals surface area contributed by atoms with Gasteiger partial charge in [-0.2, -0.15) is 0 Å². The minimum Gasteiger partial charge on any atom is -0.457 e. The second-order valence-corrected chi connectivity index (χ2v) is 8.03. The third-order valence-electron chi connectivity index (χ3n) is 5.08. The molecule has 0 unspecified atom stereocenters. The van der Waals surface area contributed by atoms with Crippen LogP contribution in [0.1, 0.15) is 32.7 Å². The molecule has 0 bridgehead atoms. The van der Waals surface area contributed by atoms with E-state index in [2.05, 4.69) is 22.6 Å². The SMILES string of the molecule is CN1CCc2c(sc3c2C(=O)N[C@@H](c2ccc(-c4ccccc4F)o2)N3)C1. The zero-order valence-electron chi connectivity index (χ0n) is 14.7. The maximum atomic E-state index is 14.0. The Balaban J connectivity index is 1.46. The van der Waals surface area contributed by atoms with Gasteiger partial charge in [-0.1, -0.05) is 12.1 Å². The van der Waals surface area contributed by atoms with Crippen molar-refractivity contribution < 1.29 is 13.6 Å². The van der Waals surface area contributed by atoms with Crippen molar-refractivity contribution in [1.82, 2.24) is 10.2 Å². The molecule has 27 heavy (non-hydrogen) atoms. The third kappa shape index (κ3) is 2.74. The number of thiophene rings is 1. The van der Waals surface area contributed by atoms with Crippen molar-refractivity contribution in [2.45, 2.75) is 19.1 Å². The molecule has 7 heteroatoms. The van der Waals surface area contributed by atoms with Gasteiger partial charge < -0.3 is 20.0 Å². The fraction of sp³-hybridized carbons (Fsp3) is 0.250. The molecule has 0 fully saturated rings. The zero-order valence-corrected chi connectivity index (χ0v) is 15.5. The van der Waals surface area contributed by atoms with Crippen LogP contribution in [0.4, 0.5) is 9.39 Å². The van der Waals surface area contributed by atoms with Crippen molar-refractivity contribution in [3.8, 4) is 11.3 Å². The lowest BCUT2D eigenvalue weighted by Gasteiger charge is -2.26. The fourth-order valence-corrected chi connectivity index (χ4v) is 5.05. The molecule has 4 heterocycles. The minimum absolute atomic E-state index is 0.0837. The van der Waals surface area contributed by atoms with Gasteiger partial charge >= 0.3 is 0 Å². The predicted molar refractivity (Wildman–Crippen MR) is 102 cm³/mol. The molecule has 0 spiro atoms. The average Bonchev–Trinajstić information content (AvgIpc) is 3.26. The van der Waals surface area contributed by atoms with Crippen LogP contribution in [-0.2, 0) is 13.0 Å². The van der Waals surface area contributed by atoms with E-state index in [1.54, 1.807) is 41.7 Å². The van der Waals surface area contributed by atoms with E-state index in [0.29, 0.717) is 17.1 Å². The summed E-state index contributed by atoms with van der Waals surface area (Å²) in [7, 11) is 2.09. The van der Waals surface area contributed by atoms with Gasteiger partial charge in [0, 0.05) is 18.0 Å². The monoisotopic (exact) mass is 383 g/mol. The van der Waals surface area contributed by atoms with Crippen LogP contribution in [0.25, 0.3) is 11.3 Å². The molecule has 138 valence electrons. The summed E-state index contributed by atoms with van der Waals surface area (Å²) in [5.41, 5.74) is 2.32. The maximum Gasteiger partial charge on any atom is 0.256 e. The van der Waals surface area contributed by atoms with E-state index in [0.717, 1.165) is 35.6 Å². The van der Waals surface area contributed by atoms with E-state index in [4.69, 9.17) is 4.42 Å². The van der Waals surface area contributed by atoms with Gasteiger partial charge in [0.15, 0.2) is 6.17 Å². The summed E-state index contributed by atoms with van der Waals surface area (Å²) in [5, 5.41) is 7.23. The first-order valence-electron chi connectivity index (χ1n) is 8.85. The van der Waals surface area contributed by atoms with E-state index >= 15 is 0 Å². The van der Waals surface area contributed by atoms with Crippen LogP contribution in [0.5, 0.6) is 0 Å². The standard InChI is InChI=1S/C20H18FN3O2S/c1-24-9-8-12-16(10-24)27-20-17(12)19(25)22-18(23-20)15-7-6-14(26-15)11-4-2-3-5-13(11)21/h2-7,18,23H,8-10H2,1H3,(H,22,25)/t18-/m1/s1. The summed E-state index contributed by atoms with van der Waals surface area (Å²) in [5.74, 6) is 0.573. The van der Waals surface area contributed by atoms with Crippen LogP contribution < -0.4 is 10.6 Å². The quantitative estimate of drug-likeness (QED) is 0.703. The van der Waals surface area contributed by atoms with Gasteiger partial charge in [0.05, 0.1) is 11.1 Å². The Hall–Kier alpha value is -2.64. The first-order valence-corrected chi connectivity index (χ1v) is 9.67. The fourth-order valence-electron chi connectivity index (χ4n) is 3.70. The van der Waals surface area contributed by atoms with Crippen molar-refractivity contribution in [3.05, 3.63) is 64.0 Å². The molecule has 2 N–H and O–H groups in total. The second kappa shape index (κ2) is 6.21. The van der Waals surface area contributed by atoms with Crippen LogP contribution in [0, 0.1) is 5.82 Å². The molecular weight excluding hydrogens is 365 g/mol. The summed E-state index contributed by atoms with van der Waals surface area (Å²) < 4.78 is 19.9. The van der Waals surface area contributed by atoms with Gasteiger partial charge in [-0.25, -0.2) is 4.39 Å². The number of carbonyl (C=O) groups is 1. The van der Waals surface area contributed by atoms with Crippen molar-refractivity contribution in [3.63, 3.8) is 0 Å². The van der Waals surface area contributed by atoms with Crippen LogP contribution >= 0.6 is 11.3 Å². The predicted octanol–water partition coefficient (Wildman–Crippen LogP) is 3.99. The Bertz CT molecular complexity index is 1040. The number of furan rings is 1. The first kappa shape index (κ1) is 16.5. The van der Waals surface area contributed by atoms with Gasteiger partial charge in [-0.15, -0.1) is 11.3 Å². The van der Waals surface area contributed by atoms with Crippen LogP contribution in [-0.4, -0.2) is 24.4 Å². The largest absolute Gasteiger partial charge is 0.457 e. The van der Waals surface area contributed by atoms with Crippen LogP contribution in [0.3, 0.4) is 0 Å². The highest BCUT2D eigenvalue weighted by Gasteiger charge is 2.33. The molecule has 0 saturated carbocycles. The Morgan fingerprint density at radius 2 is 2.07 bits per heavy atom. The molecule has 0 aliphatic carbocycles. The van der Waals surface area contributed by atoms with E-state index in [-0.39, 0.29) is 11.7 Å². The molecular formula is C20H18FN3O2S. The summed E-state index contributed by atoms with van der Waals surface area (Å²) in [4.78, 5) is 16.3. The number of rotatable bonds is 2. The molecule has 2 aromatic heterocycles. The number of hydrogen-bond donors (Lipinski definition) is 2. The number of halogens is 1. The highest BCUT2D eigenvalue weighted by molar-refractivity contribution is 7.16. The Kier molecular flexibility index (Phi) is 3.80. The number of hydrogen-bond acceptors (Lipinski definition) is 5. The normalized spacial score (nSPS) is 19.2. The number of nitrogens with zero attached hydrogens (tertiary/aromatic N) is 1. The van der Waals surface area contributed by atoms with Crippen molar-refractivity contribution >= 4 is 22.2 Å². The number of likely N-dealkylation sites (N-methyl/N-ethyl adjacent to an activating group) is 1. The van der Waals surface area contributed by atoms with E-state index in [9.17, 15) is 9.18 Å². The Labute approximate surface area is 159 Å². The summed E-state index contributed by atoms with van der Waals surface area (Å²) >= 11 is 1.63. The zero-order chi connectivity index (χ0) is 18.5. The maximum absolute atomic E-state index is 14.0. The Morgan fingerprint density at radius 3 is 2.93 bits per heavy atom. The third-order valence-corrected chi connectivity index (χ3v) is 6.22. The van der Waals surface area contributed by atoms with Gasteiger partial charge in [-0.3, -0.25) is 4.79 Å². The van der Waals surface area contributed by atoms with Gasteiger partial charge in [0.2, 0.25) is 0 Å². The average molecular weight is 383 g/mol. The molecule has 2 aliphatic rings. The smallest absolute Gasteiger partial charge is 0.256 e. The van der Waals surface area contributed by atoms with E-state index in [1.165, 1.54) is 10.9 Å². The molecule has 1 atom stereocenters. The molecule has 3 aromatic rings. The van der Waals surface area contributed by atoms with Crippen LogP contribution in [0.15, 0.2) is 40.8 Å². The van der Waals surface area contributed by atoms with Gasteiger partial charge in [-0.05, 0) is 43.3 Å². The van der Waals surface area contributed by atoms with Crippen molar-refractivity contribution in [1.29, 1.82) is 0 Å². The number of benzene rings is 1. The highest BCUT2D eigenvalue weighted by Crippen LogP contribution is 2.41. The Morgan fingerprint density at radius 1 is 1.22 bits per heavy atom. The van der Waals surface area contributed by atoms with E-state index in [1.807, 2.05) is 0 Å². The minimum atomic E-state index is -0.469. The molecule has 5 rings (SSSR count). The number of amides is 1. The van der Waals surface area contributed by atoms with Crippen molar-refractivity contribution in [2.75, 3.05) is 18.9 Å². The van der Waals surface area contributed by atoms with Gasteiger partial charge in [0.25, 0.3) is 5.91 Å². The molecule has 0 saturated heterocycles. The first-order chi connectivity index (χ1) is 13.1. The lowest BCUT2D eigenvalue weighted by molar-refractivity contribution is 0.0930. The van der Waals surface area contributed by atoms with Crippen LogP contribution in [0.2, 0.25) is 0 Å². The number of nitrogens with one attached hydrogen (secondary N) is 2. The summed E-state index contributed by atoms with van der Waals surface area (Å²) in [6.45, 7) is 1.82. The lowest BCUT2D eigenvalue weighted by Crippen LogP contribution is -2.38. The molecule has 2 aliphatic heterocycles. The molecule has 1 aromatic carbocycles. The topological polar surface area (TPSA) is 57.5 Å². The van der Waals surface area contributed by atoms with Gasteiger partial charge in [0.1, 0.15) is 22.3 Å². The summed E-state index contributed by atoms with van der Waals surface area (Å²) in [6.07, 6.45) is 0.415. The molecule has 0 radical (unpaired) electrons. The van der Waals surface area contributed by atoms with E-state index < -0.39 is 6.17 Å². The molecule has 1 amide bonds. The number of carbonyl (C=O) groups excluding carboxylic acids is 1. The number of anilines is 1.